The molecular weight excluding hydrogens is 210 g/mol. The Morgan fingerprint density at radius 1 is 1.13 bits per heavy atom. The van der Waals surface area contributed by atoms with Crippen LogP contribution in [0.1, 0.15) is 46.5 Å². The Morgan fingerprint density at radius 3 is 2.33 bits per heavy atom. The molecule has 0 rings (SSSR count). The number of hydrogen-bond donors (Lipinski definition) is 1. The van der Waals surface area contributed by atoms with Crippen LogP contribution < -0.4 is 5.32 Å². The molecule has 92 valence electrons. The molecule has 0 aliphatic rings. The van der Waals surface area contributed by atoms with Crippen LogP contribution in [0.5, 0.6) is 0 Å². The highest BCUT2D eigenvalue weighted by Gasteiger charge is 2.12. The average molecular weight is 235 g/mol. The molecule has 0 aromatic heterocycles. The zero-order valence-electron chi connectivity index (χ0n) is 10.3. The van der Waals surface area contributed by atoms with Crippen LogP contribution in [0.25, 0.3) is 0 Å². The van der Waals surface area contributed by atoms with E-state index < -0.39 is 9.84 Å². The second kappa shape index (κ2) is 8.11. The first-order chi connectivity index (χ1) is 7.02. The molecule has 0 spiro atoms. The summed E-state index contributed by atoms with van der Waals surface area (Å²) in [7, 11) is -2.83. The molecule has 0 saturated heterocycles. The number of sulfone groups is 1. The fraction of sp³-hybridized carbons (Fsp3) is 1.00. The Hall–Kier alpha value is -0.0900. The predicted octanol–water partition coefficient (Wildman–Crippen LogP) is 1.98. The van der Waals surface area contributed by atoms with Crippen molar-refractivity contribution in [3.05, 3.63) is 0 Å². The van der Waals surface area contributed by atoms with Crippen LogP contribution in [0.4, 0.5) is 0 Å². The van der Waals surface area contributed by atoms with Gasteiger partial charge in [0.2, 0.25) is 0 Å². The summed E-state index contributed by atoms with van der Waals surface area (Å²) in [6.45, 7) is 6.75. The summed E-state index contributed by atoms with van der Waals surface area (Å²) < 4.78 is 22.6. The van der Waals surface area contributed by atoms with Gasteiger partial charge in [-0.05, 0) is 19.9 Å². The van der Waals surface area contributed by atoms with E-state index in [-0.39, 0.29) is 17.5 Å². The summed E-state index contributed by atoms with van der Waals surface area (Å²) in [5, 5.41) is 3.25. The summed E-state index contributed by atoms with van der Waals surface area (Å²) in [6.07, 6.45) is 4.88. The minimum Gasteiger partial charge on any atom is -0.313 e. The average Bonchev–Trinajstić information content (AvgIpc) is 2.17. The highest BCUT2D eigenvalue weighted by atomic mass is 32.2. The molecule has 4 heteroatoms. The first kappa shape index (κ1) is 14.9. The maximum absolute atomic E-state index is 11.3. The number of unbranched alkanes of at least 4 members (excludes halogenated alkanes) is 3. The van der Waals surface area contributed by atoms with Crippen molar-refractivity contribution >= 4 is 9.84 Å². The molecule has 1 atom stereocenters. The molecule has 0 aliphatic heterocycles. The molecule has 0 aliphatic carbocycles. The molecule has 0 bridgehead atoms. The smallest absolute Gasteiger partial charge is 0.151 e. The van der Waals surface area contributed by atoms with Gasteiger partial charge in [-0.2, -0.15) is 0 Å². The standard InChI is InChI=1S/C11H25NO2S/c1-4-6-7-8-9-12-11(3)10-15(13,14)5-2/h11-12H,4-10H2,1-3H3. The molecule has 15 heavy (non-hydrogen) atoms. The lowest BCUT2D eigenvalue weighted by molar-refractivity contribution is 0.534. The van der Waals surface area contributed by atoms with Crippen molar-refractivity contribution < 1.29 is 8.42 Å². The van der Waals surface area contributed by atoms with Crippen LogP contribution in [0, 0.1) is 0 Å². The van der Waals surface area contributed by atoms with Gasteiger partial charge in [0.15, 0.2) is 9.84 Å². The molecule has 1 unspecified atom stereocenters. The minimum absolute atomic E-state index is 0.0802. The van der Waals surface area contributed by atoms with E-state index in [1.54, 1.807) is 6.92 Å². The van der Waals surface area contributed by atoms with Gasteiger partial charge in [-0.25, -0.2) is 8.42 Å². The van der Waals surface area contributed by atoms with Crippen molar-refractivity contribution in [2.24, 2.45) is 0 Å². The van der Waals surface area contributed by atoms with Crippen LogP contribution in [0.2, 0.25) is 0 Å². The lowest BCUT2D eigenvalue weighted by Crippen LogP contribution is -2.34. The maximum Gasteiger partial charge on any atom is 0.151 e. The highest BCUT2D eigenvalue weighted by Crippen LogP contribution is 1.99. The van der Waals surface area contributed by atoms with Crippen molar-refractivity contribution in [1.29, 1.82) is 0 Å². The van der Waals surface area contributed by atoms with E-state index in [9.17, 15) is 8.42 Å². The van der Waals surface area contributed by atoms with Gasteiger partial charge in [0.1, 0.15) is 0 Å². The second-order valence-corrected chi connectivity index (χ2v) is 6.51. The van der Waals surface area contributed by atoms with Crippen molar-refractivity contribution in [3.8, 4) is 0 Å². The lowest BCUT2D eigenvalue weighted by Gasteiger charge is -2.13. The third-order valence-corrected chi connectivity index (χ3v) is 4.35. The Morgan fingerprint density at radius 2 is 1.80 bits per heavy atom. The van der Waals surface area contributed by atoms with Gasteiger partial charge in [0, 0.05) is 11.8 Å². The van der Waals surface area contributed by atoms with Crippen LogP contribution in [0.15, 0.2) is 0 Å². The fourth-order valence-corrected chi connectivity index (χ4v) is 2.57. The Kier molecular flexibility index (Phi) is 8.06. The summed E-state index contributed by atoms with van der Waals surface area (Å²) in [5.74, 6) is 0.506. The van der Waals surface area contributed by atoms with Crippen LogP contribution in [-0.2, 0) is 9.84 Å². The van der Waals surface area contributed by atoms with Crippen molar-refractivity contribution in [1.82, 2.24) is 5.32 Å². The molecule has 0 radical (unpaired) electrons. The van der Waals surface area contributed by atoms with Crippen LogP contribution in [0.3, 0.4) is 0 Å². The van der Waals surface area contributed by atoms with E-state index in [2.05, 4.69) is 12.2 Å². The first-order valence-corrected chi connectivity index (χ1v) is 7.77. The summed E-state index contributed by atoms with van der Waals surface area (Å²) in [5.41, 5.74) is 0. The third-order valence-electron chi connectivity index (χ3n) is 2.47. The molecule has 0 aromatic rings. The Labute approximate surface area is 94.6 Å². The van der Waals surface area contributed by atoms with Crippen molar-refractivity contribution in [3.63, 3.8) is 0 Å². The first-order valence-electron chi connectivity index (χ1n) is 5.95. The molecule has 0 fully saturated rings. The summed E-state index contributed by atoms with van der Waals surface area (Å²) >= 11 is 0. The van der Waals surface area contributed by atoms with Crippen molar-refractivity contribution in [2.75, 3.05) is 18.1 Å². The minimum atomic E-state index is -2.83. The van der Waals surface area contributed by atoms with Gasteiger partial charge < -0.3 is 5.32 Å². The SMILES string of the molecule is CCCCCCNC(C)CS(=O)(=O)CC. The molecule has 1 N–H and O–H groups in total. The van der Waals surface area contributed by atoms with E-state index in [1.807, 2.05) is 6.92 Å². The molecule has 0 heterocycles. The number of rotatable bonds is 9. The summed E-state index contributed by atoms with van der Waals surface area (Å²) in [6, 6.07) is 0.0802. The van der Waals surface area contributed by atoms with E-state index in [0.717, 1.165) is 13.0 Å². The zero-order valence-corrected chi connectivity index (χ0v) is 11.1. The quantitative estimate of drug-likeness (QED) is 0.622. The Bertz CT molecular complexity index is 237. The van der Waals surface area contributed by atoms with E-state index in [1.165, 1.54) is 19.3 Å². The summed E-state index contributed by atoms with van der Waals surface area (Å²) in [4.78, 5) is 0. The van der Waals surface area contributed by atoms with Crippen LogP contribution >= 0.6 is 0 Å². The Balaban J connectivity index is 3.54. The topological polar surface area (TPSA) is 46.2 Å². The molecule has 0 saturated carbocycles. The highest BCUT2D eigenvalue weighted by molar-refractivity contribution is 7.91. The second-order valence-electron chi connectivity index (χ2n) is 4.11. The number of hydrogen-bond acceptors (Lipinski definition) is 3. The maximum atomic E-state index is 11.3. The van der Waals surface area contributed by atoms with Gasteiger partial charge >= 0.3 is 0 Å². The largest absolute Gasteiger partial charge is 0.313 e. The van der Waals surface area contributed by atoms with E-state index in [4.69, 9.17) is 0 Å². The van der Waals surface area contributed by atoms with Crippen molar-refractivity contribution in [2.45, 2.75) is 52.5 Å². The van der Waals surface area contributed by atoms with Gasteiger partial charge in [-0.15, -0.1) is 0 Å². The normalized spacial score (nSPS) is 14.1. The van der Waals surface area contributed by atoms with Gasteiger partial charge in [0.25, 0.3) is 0 Å². The fourth-order valence-electron chi connectivity index (χ4n) is 1.46. The van der Waals surface area contributed by atoms with E-state index >= 15 is 0 Å². The molecule has 0 aromatic carbocycles. The van der Waals surface area contributed by atoms with Crippen LogP contribution in [-0.4, -0.2) is 32.5 Å². The number of nitrogens with one attached hydrogen (secondary N) is 1. The van der Waals surface area contributed by atoms with Gasteiger partial charge in [-0.1, -0.05) is 33.1 Å². The predicted molar refractivity (Wildman–Crippen MR) is 65.9 cm³/mol. The molecular formula is C11H25NO2S. The monoisotopic (exact) mass is 235 g/mol. The van der Waals surface area contributed by atoms with Gasteiger partial charge in [-0.3, -0.25) is 0 Å². The van der Waals surface area contributed by atoms with Gasteiger partial charge in [0.05, 0.1) is 5.75 Å². The zero-order chi connectivity index (χ0) is 11.7. The molecule has 0 amide bonds. The van der Waals surface area contributed by atoms with E-state index in [0.29, 0.717) is 0 Å². The molecule has 3 nitrogen and oxygen atoms in total. The lowest BCUT2D eigenvalue weighted by atomic mass is 10.2. The third kappa shape index (κ3) is 8.88.